The largest absolute Gasteiger partial charge is 0.396 e. The number of nitrogens with zero attached hydrogens (tertiary/aromatic N) is 1. The summed E-state index contributed by atoms with van der Waals surface area (Å²) in [5, 5.41) is 18.4. The Morgan fingerprint density at radius 2 is 2.24 bits per heavy atom. The third kappa shape index (κ3) is 3.94. The highest BCUT2D eigenvalue weighted by Gasteiger charge is 2.35. The second-order valence-corrected chi connectivity index (χ2v) is 4.83. The first kappa shape index (κ1) is 14.4. The monoisotopic (exact) mass is 245 g/mol. The van der Waals surface area contributed by atoms with Crippen LogP contribution in [0.1, 0.15) is 25.7 Å². The zero-order chi connectivity index (χ0) is 12.7. The van der Waals surface area contributed by atoms with Crippen LogP contribution in [0.2, 0.25) is 0 Å². The van der Waals surface area contributed by atoms with Crippen molar-refractivity contribution in [1.29, 1.82) is 0 Å². The van der Waals surface area contributed by atoms with Gasteiger partial charge in [0.15, 0.2) is 0 Å². The van der Waals surface area contributed by atoms with Gasteiger partial charge < -0.3 is 19.8 Å². The van der Waals surface area contributed by atoms with Crippen LogP contribution in [0.25, 0.3) is 0 Å². The van der Waals surface area contributed by atoms with Crippen LogP contribution in [0.3, 0.4) is 0 Å². The minimum Gasteiger partial charge on any atom is -0.396 e. The quantitative estimate of drug-likeness (QED) is 0.647. The summed E-state index contributed by atoms with van der Waals surface area (Å²) < 4.78 is 5.02. The molecule has 1 amide bonds. The first-order valence-electron chi connectivity index (χ1n) is 6.16. The highest BCUT2D eigenvalue weighted by atomic mass is 16.5. The fourth-order valence-corrected chi connectivity index (χ4v) is 2.52. The summed E-state index contributed by atoms with van der Waals surface area (Å²) in [5.41, 5.74) is -0.207. The second kappa shape index (κ2) is 6.93. The van der Waals surface area contributed by atoms with Crippen molar-refractivity contribution in [2.75, 3.05) is 40.0 Å². The van der Waals surface area contributed by atoms with Crippen LogP contribution in [-0.4, -0.2) is 61.0 Å². The zero-order valence-corrected chi connectivity index (χ0v) is 10.5. The molecule has 0 saturated carbocycles. The summed E-state index contributed by atoms with van der Waals surface area (Å²) in [7, 11) is 1.66. The Hall–Kier alpha value is -0.650. The van der Waals surface area contributed by atoms with Crippen molar-refractivity contribution in [2.24, 2.45) is 5.41 Å². The Morgan fingerprint density at radius 3 is 2.82 bits per heavy atom. The normalized spacial score (nSPS) is 25.0. The highest BCUT2D eigenvalue weighted by Crippen LogP contribution is 2.34. The van der Waals surface area contributed by atoms with E-state index < -0.39 is 6.61 Å². The van der Waals surface area contributed by atoms with Crippen molar-refractivity contribution >= 4 is 5.91 Å². The molecule has 0 spiro atoms. The van der Waals surface area contributed by atoms with Gasteiger partial charge in [-0.05, 0) is 25.7 Å². The smallest absolute Gasteiger partial charge is 0.248 e. The van der Waals surface area contributed by atoms with Crippen LogP contribution in [0, 0.1) is 5.41 Å². The molecule has 0 aromatic carbocycles. The summed E-state index contributed by atoms with van der Waals surface area (Å²) in [6.45, 7) is 1.55. The minimum absolute atomic E-state index is 0.0892. The fourth-order valence-electron chi connectivity index (χ4n) is 2.52. The maximum Gasteiger partial charge on any atom is 0.248 e. The molecule has 0 aliphatic carbocycles. The van der Waals surface area contributed by atoms with Crippen LogP contribution in [0.5, 0.6) is 0 Å². The lowest BCUT2D eigenvalue weighted by Crippen LogP contribution is -2.48. The number of amides is 1. The average molecular weight is 245 g/mol. The Morgan fingerprint density at radius 1 is 1.47 bits per heavy atom. The predicted molar refractivity (Wildman–Crippen MR) is 63.5 cm³/mol. The molecule has 5 heteroatoms. The van der Waals surface area contributed by atoms with E-state index in [4.69, 9.17) is 9.84 Å². The molecule has 0 aromatic rings. The van der Waals surface area contributed by atoms with Crippen molar-refractivity contribution in [3.05, 3.63) is 0 Å². The van der Waals surface area contributed by atoms with Gasteiger partial charge in [-0.2, -0.15) is 0 Å². The molecule has 1 fully saturated rings. The minimum atomic E-state index is -0.445. The molecule has 2 N–H and O–H groups in total. The van der Waals surface area contributed by atoms with Crippen molar-refractivity contribution in [3.63, 3.8) is 0 Å². The molecule has 0 radical (unpaired) electrons. The van der Waals surface area contributed by atoms with E-state index in [1.165, 1.54) is 0 Å². The fraction of sp³-hybridized carbons (Fsp3) is 0.917. The number of aliphatic hydroxyl groups excluding tert-OH is 2. The molecule has 0 unspecified atom stereocenters. The number of aliphatic hydroxyl groups is 2. The second-order valence-electron chi connectivity index (χ2n) is 4.83. The number of carbonyl (C=O) groups is 1. The topological polar surface area (TPSA) is 70.0 Å². The SMILES string of the molecule is COCCC[C@@]1(CO)CCCN(C(=O)CO)C1. The van der Waals surface area contributed by atoms with Gasteiger partial charge in [0.25, 0.3) is 0 Å². The van der Waals surface area contributed by atoms with E-state index in [-0.39, 0.29) is 17.9 Å². The Labute approximate surface area is 102 Å². The molecule has 1 heterocycles. The van der Waals surface area contributed by atoms with Gasteiger partial charge in [-0.25, -0.2) is 0 Å². The summed E-state index contributed by atoms with van der Waals surface area (Å²) in [5.74, 6) is -0.241. The van der Waals surface area contributed by atoms with E-state index in [1.807, 2.05) is 0 Å². The summed E-state index contributed by atoms with van der Waals surface area (Å²) >= 11 is 0. The van der Waals surface area contributed by atoms with Gasteiger partial charge in [0.2, 0.25) is 5.91 Å². The van der Waals surface area contributed by atoms with Crippen LogP contribution in [0.15, 0.2) is 0 Å². The summed E-state index contributed by atoms with van der Waals surface area (Å²) in [6.07, 6.45) is 3.56. The van der Waals surface area contributed by atoms with E-state index in [1.54, 1.807) is 12.0 Å². The van der Waals surface area contributed by atoms with E-state index in [9.17, 15) is 9.90 Å². The van der Waals surface area contributed by atoms with Crippen LogP contribution in [0.4, 0.5) is 0 Å². The molecule has 1 aliphatic rings. The van der Waals surface area contributed by atoms with E-state index >= 15 is 0 Å². The highest BCUT2D eigenvalue weighted by molar-refractivity contribution is 5.77. The number of rotatable bonds is 6. The van der Waals surface area contributed by atoms with Crippen molar-refractivity contribution in [3.8, 4) is 0 Å². The lowest BCUT2D eigenvalue weighted by Gasteiger charge is -2.41. The molecule has 1 rings (SSSR count). The summed E-state index contributed by atoms with van der Waals surface area (Å²) in [6, 6.07) is 0. The van der Waals surface area contributed by atoms with E-state index in [0.29, 0.717) is 19.7 Å². The number of ether oxygens (including phenoxy) is 1. The first-order chi connectivity index (χ1) is 8.17. The standard InChI is InChI=1S/C12H23NO4/c1-17-7-3-5-12(10-15)4-2-6-13(9-12)11(16)8-14/h14-15H,2-10H2,1H3/t12-/m0/s1. The lowest BCUT2D eigenvalue weighted by atomic mass is 9.77. The van der Waals surface area contributed by atoms with Gasteiger partial charge >= 0.3 is 0 Å². The molecule has 0 bridgehead atoms. The number of methoxy groups -OCH3 is 1. The van der Waals surface area contributed by atoms with Crippen molar-refractivity contribution in [1.82, 2.24) is 4.90 Å². The van der Waals surface area contributed by atoms with Crippen molar-refractivity contribution in [2.45, 2.75) is 25.7 Å². The molecule has 100 valence electrons. The molecule has 17 heavy (non-hydrogen) atoms. The van der Waals surface area contributed by atoms with Gasteiger partial charge in [-0.15, -0.1) is 0 Å². The maximum atomic E-state index is 11.5. The molecule has 0 aromatic heterocycles. The first-order valence-corrected chi connectivity index (χ1v) is 6.16. The third-order valence-electron chi connectivity index (χ3n) is 3.54. The Kier molecular flexibility index (Phi) is 5.88. The van der Waals surface area contributed by atoms with Gasteiger partial charge in [0, 0.05) is 32.2 Å². The molecule has 5 nitrogen and oxygen atoms in total. The lowest BCUT2D eigenvalue weighted by molar-refractivity contribution is -0.138. The molecular weight excluding hydrogens is 222 g/mol. The third-order valence-corrected chi connectivity index (χ3v) is 3.54. The van der Waals surface area contributed by atoms with Gasteiger partial charge in [-0.1, -0.05) is 0 Å². The van der Waals surface area contributed by atoms with Gasteiger partial charge in [-0.3, -0.25) is 4.79 Å². The number of hydrogen-bond acceptors (Lipinski definition) is 4. The summed E-state index contributed by atoms with van der Waals surface area (Å²) in [4.78, 5) is 13.1. The molecular formula is C12H23NO4. The number of piperidine rings is 1. The van der Waals surface area contributed by atoms with Gasteiger partial charge in [0.05, 0.1) is 6.61 Å². The van der Waals surface area contributed by atoms with Crippen LogP contribution < -0.4 is 0 Å². The predicted octanol–water partition coefficient (Wildman–Crippen LogP) is 0.00640. The average Bonchev–Trinajstić information content (AvgIpc) is 2.38. The molecule has 1 saturated heterocycles. The molecule has 1 aliphatic heterocycles. The number of carbonyl (C=O) groups excluding carboxylic acids is 1. The van der Waals surface area contributed by atoms with Crippen LogP contribution >= 0.6 is 0 Å². The van der Waals surface area contributed by atoms with E-state index in [2.05, 4.69) is 0 Å². The molecule has 1 atom stereocenters. The number of likely N-dealkylation sites (tertiary alicyclic amines) is 1. The van der Waals surface area contributed by atoms with Crippen LogP contribution in [-0.2, 0) is 9.53 Å². The van der Waals surface area contributed by atoms with Gasteiger partial charge in [0.1, 0.15) is 6.61 Å². The zero-order valence-electron chi connectivity index (χ0n) is 10.5. The van der Waals surface area contributed by atoms with E-state index in [0.717, 1.165) is 25.7 Å². The number of hydrogen-bond donors (Lipinski definition) is 2. The maximum absolute atomic E-state index is 11.5. The Bertz CT molecular complexity index is 247. The van der Waals surface area contributed by atoms with Crippen molar-refractivity contribution < 1.29 is 19.7 Å². The Balaban J connectivity index is 2.55.